The number of nitrogens with zero attached hydrogens (tertiary/aromatic N) is 2. The van der Waals surface area contributed by atoms with Crippen LogP contribution in [0, 0.1) is 6.92 Å². The van der Waals surface area contributed by atoms with E-state index in [0.717, 1.165) is 41.6 Å². The molecule has 0 aliphatic heterocycles. The van der Waals surface area contributed by atoms with Crippen molar-refractivity contribution in [3.63, 3.8) is 0 Å². The minimum absolute atomic E-state index is 0.0958. The van der Waals surface area contributed by atoms with Crippen LogP contribution in [0.2, 0.25) is 0 Å². The molecule has 0 amide bonds. The predicted octanol–water partition coefficient (Wildman–Crippen LogP) is 2.75. The third-order valence-corrected chi connectivity index (χ3v) is 4.84. The molecule has 23 heavy (non-hydrogen) atoms. The van der Waals surface area contributed by atoms with Gasteiger partial charge in [0.2, 0.25) is 0 Å². The summed E-state index contributed by atoms with van der Waals surface area (Å²) in [6, 6.07) is 8.53. The summed E-state index contributed by atoms with van der Waals surface area (Å²) in [5, 5.41) is 1.03. The van der Waals surface area contributed by atoms with Crippen LogP contribution in [0.15, 0.2) is 41.5 Å². The zero-order valence-corrected chi connectivity index (χ0v) is 13.1. The highest BCUT2D eigenvalue weighted by atomic mass is 16.1. The molecule has 0 saturated heterocycles. The number of nitrogens with one attached hydrogen (secondary N) is 1. The first-order valence-corrected chi connectivity index (χ1v) is 8.05. The van der Waals surface area contributed by atoms with Gasteiger partial charge < -0.3 is 15.3 Å². The Labute approximate surface area is 134 Å². The molecule has 1 aliphatic carbocycles. The van der Waals surface area contributed by atoms with Crippen LogP contribution in [-0.4, -0.2) is 20.6 Å². The fraction of sp³-hybridized carbons (Fsp3) is 0.333. The molecule has 1 saturated carbocycles. The third kappa shape index (κ3) is 2.37. The van der Waals surface area contributed by atoms with E-state index in [2.05, 4.69) is 14.5 Å². The van der Waals surface area contributed by atoms with Crippen molar-refractivity contribution in [2.75, 3.05) is 0 Å². The summed E-state index contributed by atoms with van der Waals surface area (Å²) in [6.07, 6.45) is 6.72. The van der Waals surface area contributed by atoms with Gasteiger partial charge in [-0.25, -0.2) is 4.98 Å². The minimum Gasteiger partial charge on any atom is -0.328 e. The van der Waals surface area contributed by atoms with Crippen molar-refractivity contribution in [3.8, 4) is 11.4 Å². The molecular formula is C18H20N4O. The molecule has 3 N–H and O–H groups in total. The molecule has 5 nitrogen and oxygen atoms in total. The Morgan fingerprint density at radius 1 is 1.35 bits per heavy atom. The Balaban J connectivity index is 1.86. The summed E-state index contributed by atoms with van der Waals surface area (Å²) in [5.74, 6) is 0.730. The van der Waals surface area contributed by atoms with E-state index >= 15 is 0 Å². The first-order chi connectivity index (χ1) is 11.1. The number of hydrogen-bond acceptors (Lipinski definition) is 3. The Morgan fingerprint density at radius 2 is 2.22 bits per heavy atom. The van der Waals surface area contributed by atoms with Gasteiger partial charge in [0, 0.05) is 24.5 Å². The molecule has 4 rings (SSSR count). The van der Waals surface area contributed by atoms with E-state index in [1.54, 1.807) is 6.20 Å². The highest BCUT2D eigenvalue weighted by molar-refractivity contribution is 5.84. The highest BCUT2D eigenvalue weighted by Crippen LogP contribution is 2.32. The van der Waals surface area contributed by atoms with Gasteiger partial charge in [0.15, 0.2) is 0 Å². The fourth-order valence-electron chi connectivity index (χ4n) is 3.61. The van der Waals surface area contributed by atoms with Crippen LogP contribution in [0.1, 0.15) is 30.9 Å². The number of aromatic amines is 1. The van der Waals surface area contributed by atoms with E-state index in [1.165, 1.54) is 0 Å². The zero-order valence-electron chi connectivity index (χ0n) is 13.1. The Morgan fingerprint density at radius 3 is 3.00 bits per heavy atom. The molecule has 118 valence electrons. The molecule has 2 heterocycles. The van der Waals surface area contributed by atoms with Crippen molar-refractivity contribution in [1.82, 2.24) is 14.5 Å². The second kappa shape index (κ2) is 5.35. The average Bonchev–Trinajstić information content (AvgIpc) is 3.16. The number of nitrogens with two attached hydrogens (primary N) is 1. The average molecular weight is 308 g/mol. The third-order valence-electron chi connectivity index (χ3n) is 4.84. The van der Waals surface area contributed by atoms with E-state index in [9.17, 15) is 4.79 Å². The highest BCUT2D eigenvalue weighted by Gasteiger charge is 2.25. The monoisotopic (exact) mass is 308 g/mol. The number of hydrogen-bond donors (Lipinski definition) is 2. The van der Waals surface area contributed by atoms with Crippen LogP contribution < -0.4 is 11.3 Å². The number of benzene rings is 1. The molecule has 1 aliphatic rings. The van der Waals surface area contributed by atoms with Crippen molar-refractivity contribution in [3.05, 3.63) is 52.6 Å². The van der Waals surface area contributed by atoms with Gasteiger partial charge >= 0.3 is 0 Å². The number of H-pyrrole nitrogens is 1. The molecule has 0 unspecified atom stereocenters. The topological polar surface area (TPSA) is 76.7 Å². The van der Waals surface area contributed by atoms with Crippen LogP contribution in [0.3, 0.4) is 0 Å². The van der Waals surface area contributed by atoms with Gasteiger partial charge in [-0.1, -0.05) is 18.2 Å². The van der Waals surface area contributed by atoms with Gasteiger partial charge in [0.05, 0.1) is 11.1 Å². The zero-order chi connectivity index (χ0) is 16.0. The van der Waals surface area contributed by atoms with Gasteiger partial charge in [0.25, 0.3) is 5.56 Å². The smallest absolute Gasteiger partial charge is 0.259 e. The lowest BCUT2D eigenvalue weighted by atomic mass is 10.1. The molecule has 0 radical (unpaired) electrons. The van der Waals surface area contributed by atoms with Crippen LogP contribution >= 0.6 is 0 Å². The van der Waals surface area contributed by atoms with Crippen molar-refractivity contribution in [1.29, 1.82) is 0 Å². The maximum Gasteiger partial charge on any atom is 0.259 e. The number of fused-ring (bicyclic) bond motifs is 1. The molecule has 2 atom stereocenters. The van der Waals surface area contributed by atoms with E-state index in [-0.39, 0.29) is 11.6 Å². The van der Waals surface area contributed by atoms with E-state index in [1.807, 2.05) is 37.4 Å². The predicted molar refractivity (Wildman–Crippen MR) is 91.4 cm³/mol. The van der Waals surface area contributed by atoms with Crippen LogP contribution in [0.5, 0.6) is 0 Å². The Bertz CT molecular complexity index is 924. The maximum atomic E-state index is 12.6. The second-order valence-corrected chi connectivity index (χ2v) is 6.44. The van der Waals surface area contributed by atoms with E-state index in [4.69, 9.17) is 5.73 Å². The first kappa shape index (κ1) is 14.2. The number of para-hydroxylation sites is 1. The largest absolute Gasteiger partial charge is 0.328 e. The summed E-state index contributed by atoms with van der Waals surface area (Å²) in [5.41, 5.74) is 8.52. The fourth-order valence-corrected chi connectivity index (χ4v) is 3.61. The summed E-state index contributed by atoms with van der Waals surface area (Å²) >= 11 is 0. The molecule has 0 spiro atoms. The van der Waals surface area contributed by atoms with Crippen LogP contribution in [-0.2, 0) is 0 Å². The quantitative estimate of drug-likeness (QED) is 0.764. The summed E-state index contributed by atoms with van der Waals surface area (Å²) in [7, 11) is 0. The van der Waals surface area contributed by atoms with E-state index in [0.29, 0.717) is 11.6 Å². The van der Waals surface area contributed by atoms with Crippen molar-refractivity contribution >= 4 is 10.9 Å². The minimum atomic E-state index is -0.0958. The molecule has 3 aromatic rings. The first-order valence-electron chi connectivity index (χ1n) is 8.05. The maximum absolute atomic E-state index is 12.6. The molecular weight excluding hydrogens is 288 g/mol. The molecule has 5 heteroatoms. The van der Waals surface area contributed by atoms with Gasteiger partial charge in [-0.3, -0.25) is 4.79 Å². The van der Waals surface area contributed by atoms with Gasteiger partial charge in [0.1, 0.15) is 5.82 Å². The number of pyridine rings is 1. The normalized spacial score (nSPS) is 21.1. The number of imidazole rings is 1. The van der Waals surface area contributed by atoms with Crippen molar-refractivity contribution < 1.29 is 0 Å². The Kier molecular flexibility index (Phi) is 3.31. The lowest BCUT2D eigenvalue weighted by molar-refractivity contribution is 0.514. The SMILES string of the molecule is Cc1cccc2cc(-c3nccn3[C@@H]3CC[C@@H](N)C3)c(=O)[nH]c12. The molecule has 1 aromatic carbocycles. The van der Waals surface area contributed by atoms with Gasteiger partial charge in [-0.2, -0.15) is 0 Å². The van der Waals surface area contributed by atoms with Crippen molar-refractivity contribution in [2.24, 2.45) is 5.73 Å². The lowest BCUT2D eigenvalue weighted by Crippen LogP contribution is -2.17. The van der Waals surface area contributed by atoms with E-state index < -0.39 is 0 Å². The lowest BCUT2D eigenvalue weighted by Gasteiger charge is -2.15. The molecule has 2 aromatic heterocycles. The summed E-state index contributed by atoms with van der Waals surface area (Å²) < 4.78 is 2.11. The Hall–Kier alpha value is -2.40. The second-order valence-electron chi connectivity index (χ2n) is 6.44. The van der Waals surface area contributed by atoms with Gasteiger partial charge in [-0.15, -0.1) is 0 Å². The standard InChI is InChI=1S/C18H20N4O/c1-11-3-2-4-12-9-15(18(23)21-16(11)12)17-20-7-8-22(17)14-6-5-13(19)10-14/h2-4,7-9,13-14H,5-6,10,19H2,1H3,(H,21,23)/t13-,14-/m1/s1. The van der Waals surface area contributed by atoms with Crippen LogP contribution in [0.4, 0.5) is 0 Å². The van der Waals surface area contributed by atoms with Crippen LogP contribution in [0.25, 0.3) is 22.3 Å². The summed E-state index contributed by atoms with van der Waals surface area (Å²) in [4.78, 5) is 20.0. The van der Waals surface area contributed by atoms with Crippen molar-refractivity contribution in [2.45, 2.75) is 38.3 Å². The van der Waals surface area contributed by atoms with Gasteiger partial charge in [-0.05, 0) is 43.2 Å². The number of aromatic nitrogens is 3. The molecule has 1 fully saturated rings. The number of rotatable bonds is 2. The molecule has 0 bridgehead atoms. The summed E-state index contributed by atoms with van der Waals surface area (Å²) in [6.45, 7) is 2.00. The number of aryl methyl sites for hydroxylation is 1.